The molecule has 0 bridgehead atoms. The van der Waals surface area contributed by atoms with E-state index in [0.717, 1.165) is 35.1 Å². The first kappa shape index (κ1) is 27.9. The third-order valence-electron chi connectivity index (χ3n) is 7.07. The maximum absolute atomic E-state index is 13.2. The van der Waals surface area contributed by atoms with Gasteiger partial charge in [0.05, 0.1) is 12.8 Å². The van der Waals surface area contributed by atoms with E-state index in [1.165, 1.54) is 4.68 Å². The highest BCUT2D eigenvalue weighted by Gasteiger charge is 2.41. The van der Waals surface area contributed by atoms with Crippen molar-refractivity contribution in [3.63, 3.8) is 0 Å². The van der Waals surface area contributed by atoms with Crippen molar-refractivity contribution in [1.29, 1.82) is 0 Å². The van der Waals surface area contributed by atoms with Crippen molar-refractivity contribution in [2.24, 2.45) is 5.41 Å². The number of carbonyl (C=O) groups excluding carboxylic acids is 1. The molecule has 36 heavy (non-hydrogen) atoms. The average molecular weight is 516 g/mol. The first-order valence-corrected chi connectivity index (χ1v) is 12.7. The molecule has 0 aliphatic carbocycles. The molecule has 2 heterocycles. The van der Waals surface area contributed by atoms with Gasteiger partial charge in [0.2, 0.25) is 5.91 Å². The molecule has 0 radical (unpaired) electrons. The molecule has 196 valence electrons. The summed E-state index contributed by atoms with van der Waals surface area (Å²) in [5.74, 6) is -0.989. The Labute approximate surface area is 219 Å². The van der Waals surface area contributed by atoms with Crippen molar-refractivity contribution in [1.82, 2.24) is 14.7 Å². The Morgan fingerprint density at radius 3 is 2.53 bits per heavy atom. The van der Waals surface area contributed by atoms with Gasteiger partial charge >= 0.3 is 5.97 Å². The average Bonchev–Trinajstić information content (AvgIpc) is 3.27. The van der Waals surface area contributed by atoms with E-state index in [-0.39, 0.29) is 17.7 Å². The normalized spacial score (nSPS) is 18.9. The molecule has 1 amide bonds. The maximum atomic E-state index is 13.2. The molecule has 0 spiro atoms. The number of allylic oxidation sites excluding steroid dienone is 1. The van der Waals surface area contributed by atoms with E-state index in [2.05, 4.69) is 38.0 Å². The minimum absolute atomic E-state index is 0.00973. The van der Waals surface area contributed by atoms with E-state index in [1.807, 2.05) is 19.2 Å². The molecule has 1 aromatic heterocycles. The van der Waals surface area contributed by atoms with Crippen molar-refractivity contribution in [2.75, 3.05) is 20.3 Å². The van der Waals surface area contributed by atoms with Crippen LogP contribution in [-0.2, 0) is 31.7 Å². The van der Waals surface area contributed by atoms with Crippen molar-refractivity contribution in [2.45, 2.75) is 71.8 Å². The number of amides is 1. The zero-order chi connectivity index (χ0) is 26.9. The van der Waals surface area contributed by atoms with E-state index < -0.39 is 16.9 Å². The molecule has 0 saturated carbocycles. The van der Waals surface area contributed by atoms with Gasteiger partial charge in [-0.25, -0.2) is 4.79 Å². The molecule has 1 atom stereocenters. The van der Waals surface area contributed by atoms with Crippen molar-refractivity contribution < 1.29 is 19.4 Å². The van der Waals surface area contributed by atoms with Crippen LogP contribution in [-0.4, -0.2) is 51.9 Å². The van der Waals surface area contributed by atoms with Crippen LogP contribution in [0, 0.1) is 5.41 Å². The van der Waals surface area contributed by atoms with Gasteiger partial charge < -0.3 is 14.7 Å². The van der Waals surface area contributed by atoms with Crippen molar-refractivity contribution in [3.05, 3.63) is 58.5 Å². The van der Waals surface area contributed by atoms with Crippen LogP contribution in [0.4, 0.5) is 0 Å². The smallest absolute Gasteiger partial charge is 0.331 e. The van der Waals surface area contributed by atoms with E-state index in [4.69, 9.17) is 16.3 Å². The van der Waals surface area contributed by atoms with Gasteiger partial charge in [-0.05, 0) is 54.9 Å². The summed E-state index contributed by atoms with van der Waals surface area (Å²) in [4.78, 5) is 26.6. The number of rotatable bonds is 9. The van der Waals surface area contributed by atoms with Crippen LogP contribution < -0.4 is 0 Å². The number of carboxylic acids is 1. The number of hydrogen-bond donors (Lipinski definition) is 1. The van der Waals surface area contributed by atoms with Crippen LogP contribution in [0.5, 0.6) is 0 Å². The predicted octanol–water partition coefficient (Wildman–Crippen LogP) is 5.51. The Kier molecular flexibility index (Phi) is 8.06. The fraction of sp³-hybridized carbons (Fsp3) is 0.536. The molecule has 1 aliphatic rings. The monoisotopic (exact) mass is 515 g/mol. The van der Waals surface area contributed by atoms with Gasteiger partial charge in [-0.15, -0.1) is 0 Å². The third-order valence-corrected chi connectivity index (χ3v) is 7.42. The fourth-order valence-electron chi connectivity index (χ4n) is 4.37. The van der Waals surface area contributed by atoms with Gasteiger partial charge in [-0.2, -0.15) is 5.10 Å². The lowest BCUT2D eigenvalue weighted by molar-refractivity contribution is -0.146. The molecule has 2 aromatic rings. The van der Waals surface area contributed by atoms with Gasteiger partial charge in [0, 0.05) is 48.5 Å². The SMILES string of the molecule is COCCN1C=C(c2cnn(C(C)(C)C(=O)O)c2)[C@](C)(c2ccc(CCC(C)(C)C)c(Cl)c2)CC1=O. The number of carbonyl (C=O) groups is 2. The molecule has 0 unspecified atom stereocenters. The van der Waals surface area contributed by atoms with E-state index >= 15 is 0 Å². The highest BCUT2D eigenvalue weighted by atomic mass is 35.5. The number of aliphatic carboxylic acids is 1. The fourth-order valence-corrected chi connectivity index (χ4v) is 4.64. The van der Waals surface area contributed by atoms with Crippen molar-refractivity contribution >= 4 is 29.1 Å². The molecule has 1 N–H and O–H groups in total. The van der Waals surface area contributed by atoms with Crippen LogP contribution in [0.2, 0.25) is 5.02 Å². The number of aromatic nitrogens is 2. The molecule has 1 aromatic carbocycles. The summed E-state index contributed by atoms with van der Waals surface area (Å²) in [7, 11) is 1.60. The van der Waals surface area contributed by atoms with Gasteiger partial charge in [-0.1, -0.05) is 51.4 Å². The predicted molar refractivity (Wildman–Crippen MR) is 142 cm³/mol. The Hall–Kier alpha value is -2.64. The zero-order valence-electron chi connectivity index (χ0n) is 22.4. The third kappa shape index (κ3) is 5.84. The topological polar surface area (TPSA) is 84.7 Å². The molecule has 7 nitrogen and oxygen atoms in total. The number of ether oxygens (including phenoxy) is 1. The summed E-state index contributed by atoms with van der Waals surface area (Å²) < 4.78 is 6.65. The Balaban J connectivity index is 2.07. The van der Waals surface area contributed by atoms with E-state index in [9.17, 15) is 14.7 Å². The van der Waals surface area contributed by atoms with Gasteiger partial charge in [0.25, 0.3) is 0 Å². The highest BCUT2D eigenvalue weighted by molar-refractivity contribution is 6.31. The van der Waals surface area contributed by atoms with Gasteiger partial charge in [0.15, 0.2) is 5.54 Å². The van der Waals surface area contributed by atoms with Crippen LogP contribution in [0.3, 0.4) is 0 Å². The Morgan fingerprint density at radius 2 is 1.94 bits per heavy atom. The summed E-state index contributed by atoms with van der Waals surface area (Å²) in [6.07, 6.45) is 7.39. The molecule has 1 aliphatic heterocycles. The van der Waals surface area contributed by atoms with Crippen LogP contribution in [0.25, 0.3) is 5.57 Å². The van der Waals surface area contributed by atoms with E-state index in [0.29, 0.717) is 18.2 Å². The second-order valence-electron chi connectivity index (χ2n) is 11.5. The van der Waals surface area contributed by atoms with Crippen LogP contribution >= 0.6 is 11.6 Å². The highest BCUT2D eigenvalue weighted by Crippen LogP contribution is 2.45. The second-order valence-corrected chi connectivity index (χ2v) is 11.9. The molecule has 0 fully saturated rings. The lowest BCUT2D eigenvalue weighted by Crippen LogP contribution is -2.41. The Morgan fingerprint density at radius 1 is 1.25 bits per heavy atom. The number of nitrogens with zero attached hydrogens (tertiary/aromatic N) is 3. The standard InChI is InChI=1S/C28H38ClN3O4/c1-26(2,3)11-10-19-8-9-21(14-23(19)29)28(6)15-24(33)31(12-13-36-7)18-22(28)20-16-30-32(17-20)27(4,5)25(34)35/h8-9,14,16-18H,10-13,15H2,1-7H3,(H,34,35)/t28-/m0/s1. The van der Waals surface area contributed by atoms with Crippen molar-refractivity contribution in [3.8, 4) is 0 Å². The lowest BCUT2D eigenvalue weighted by Gasteiger charge is -2.39. The molecule has 8 heteroatoms. The minimum Gasteiger partial charge on any atom is -0.479 e. The number of hydrogen-bond acceptors (Lipinski definition) is 4. The zero-order valence-corrected chi connectivity index (χ0v) is 23.1. The lowest BCUT2D eigenvalue weighted by atomic mass is 9.69. The maximum Gasteiger partial charge on any atom is 0.331 e. The molecule has 3 rings (SSSR count). The first-order valence-electron chi connectivity index (χ1n) is 12.3. The largest absolute Gasteiger partial charge is 0.479 e. The summed E-state index contributed by atoms with van der Waals surface area (Å²) >= 11 is 6.75. The minimum atomic E-state index is -1.21. The second kappa shape index (κ2) is 10.4. The summed E-state index contributed by atoms with van der Waals surface area (Å²) in [6.45, 7) is 12.7. The molecular formula is C28H38ClN3O4. The molecule has 0 saturated heterocycles. The number of methoxy groups -OCH3 is 1. The quantitative estimate of drug-likeness (QED) is 0.475. The first-order chi connectivity index (χ1) is 16.7. The Bertz CT molecular complexity index is 1160. The van der Waals surface area contributed by atoms with Gasteiger partial charge in [0.1, 0.15) is 0 Å². The van der Waals surface area contributed by atoms with E-state index in [1.54, 1.807) is 38.3 Å². The number of halogens is 1. The number of carboxylic acid groups (broad SMARTS) is 1. The summed E-state index contributed by atoms with van der Waals surface area (Å²) in [5.41, 5.74) is 1.97. The van der Waals surface area contributed by atoms with Crippen LogP contribution in [0.1, 0.15) is 71.1 Å². The number of benzene rings is 1. The van der Waals surface area contributed by atoms with Crippen LogP contribution in [0.15, 0.2) is 36.8 Å². The van der Waals surface area contributed by atoms with Gasteiger partial charge in [-0.3, -0.25) is 9.48 Å². The number of aryl methyl sites for hydroxylation is 1. The summed E-state index contributed by atoms with van der Waals surface area (Å²) in [5, 5.41) is 14.7. The molecular weight excluding hydrogens is 478 g/mol. The summed E-state index contributed by atoms with van der Waals surface area (Å²) in [6, 6.07) is 6.09.